The maximum absolute atomic E-state index is 13.0. The van der Waals surface area contributed by atoms with Crippen molar-refractivity contribution in [2.45, 2.75) is 41.5 Å². The van der Waals surface area contributed by atoms with Crippen molar-refractivity contribution in [3.8, 4) is 11.3 Å². The maximum Gasteiger partial charge on any atom is 0.267 e. The van der Waals surface area contributed by atoms with E-state index in [4.69, 9.17) is 0 Å². The van der Waals surface area contributed by atoms with Crippen LogP contribution in [-0.2, 0) is 4.79 Å². The van der Waals surface area contributed by atoms with Gasteiger partial charge in [-0.05, 0) is 38.5 Å². The van der Waals surface area contributed by atoms with Gasteiger partial charge in [-0.1, -0.05) is 32.9 Å². The summed E-state index contributed by atoms with van der Waals surface area (Å²) in [6.07, 6.45) is 0. The van der Waals surface area contributed by atoms with Gasteiger partial charge in [0.05, 0.1) is 10.6 Å². The Morgan fingerprint density at radius 1 is 0.939 bits per heavy atom. The molecule has 33 heavy (non-hydrogen) atoms. The van der Waals surface area contributed by atoms with E-state index in [0.29, 0.717) is 15.8 Å². The normalized spacial score (nSPS) is 11.6. The second-order valence-electron chi connectivity index (χ2n) is 8.87. The fourth-order valence-electron chi connectivity index (χ4n) is 3.35. The average Bonchev–Trinajstić information content (AvgIpc) is 3.32. The molecular formula is C24H25N5O2S2. The zero-order valence-corrected chi connectivity index (χ0v) is 21.0. The minimum atomic E-state index is -0.461. The van der Waals surface area contributed by atoms with E-state index in [9.17, 15) is 9.59 Å². The van der Waals surface area contributed by atoms with E-state index >= 15 is 0 Å². The Bertz CT molecular complexity index is 1360. The Morgan fingerprint density at radius 2 is 1.64 bits per heavy atom. The Morgan fingerprint density at radius 3 is 2.30 bits per heavy atom. The molecule has 0 saturated carbocycles. The Hall–Kier alpha value is -3.17. The first-order valence-electron chi connectivity index (χ1n) is 10.5. The first-order valence-corrected chi connectivity index (χ1v) is 12.2. The first kappa shape index (κ1) is 23.0. The van der Waals surface area contributed by atoms with Gasteiger partial charge in [0.25, 0.3) is 5.91 Å². The third-order valence-corrected chi connectivity index (χ3v) is 7.08. The van der Waals surface area contributed by atoms with Gasteiger partial charge in [-0.15, -0.1) is 22.7 Å². The summed E-state index contributed by atoms with van der Waals surface area (Å²) >= 11 is 2.74. The van der Waals surface area contributed by atoms with Crippen LogP contribution in [0.2, 0.25) is 0 Å². The highest BCUT2D eigenvalue weighted by molar-refractivity contribution is 7.21. The number of carbonyl (C=O) groups excluding carboxylic acids is 2. The van der Waals surface area contributed by atoms with Gasteiger partial charge >= 0.3 is 0 Å². The summed E-state index contributed by atoms with van der Waals surface area (Å²) in [7, 11) is 0. The number of fused-ring (bicyclic) bond motifs is 1. The molecule has 4 rings (SSSR count). The molecule has 0 radical (unpaired) electrons. The van der Waals surface area contributed by atoms with E-state index in [1.807, 2.05) is 71.2 Å². The molecule has 0 spiro atoms. The average molecular weight is 480 g/mol. The fraction of sp³-hybridized carbons (Fsp3) is 0.292. The van der Waals surface area contributed by atoms with Gasteiger partial charge in [-0.25, -0.2) is 15.0 Å². The standard InChI is InChI=1S/C24H25N5O2S2/c1-12-18-13(2)25-14(3)26-21(18)33-19(12)20(30)29-23-28-17(11-32-23)15-7-9-16(10-8-15)27-22(31)24(4,5)6/h7-11H,1-6H3,(H,27,31)(H,28,29,30). The molecule has 0 unspecified atom stereocenters. The van der Waals surface area contributed by atoms with Crippen molar-refractivity contribution in [3.05, 3.63) is 51.6 Å². The molecule has 3 aromatic heterocycles. The van der Waals surface area contributed by atoms with Crippen molar-refractivity contribution < 1.29 is 9.59 Å². The van der Waals surface area contributed by atoms with Crippen LogP contribution in [0.3, 0.4) is 0 Å². The number of nitrogens with one attached hydrogen (secondary N) is 2. The molecule has 7 nitrogen and oxygen atoms in total. The molecule has 4 aromatic rings. The number of thiazole rings is 1. The van der Waals surface area contributed by atoms with E-state index in [2.05, 4.69) is 25.6 Å². The second-order valence-corrected chi connectivity index (χ2v) is 10.7. The quantitative estimate of drug-likeness (QED) is 0.375. The zero-order valence-electron chi connectivity index (χ0n) is 19.4. The van der Waals surface area contributed by atoms with Gasteiger partial charge in [0.2, 0.25) is 5.91 Å². The van der Waals surface area contributed by atoms with Crippen LogP contribution in [0, 0.1) is 26.2 Å². The number of aryl methyl sites for hydroxylation is 3. The number of nitrogens with zero attached hydrogens (tertiary/aromatic N) is 3. The number of hydrogen-bond acceptors (Lipinski definition) is 7. The predicted molar refractivity (Wildman–Crippen MR) is 135 cm³/mol. The number of benzene rings is 1. The summed E-state index contributed by atoms with van der Waals surface area (Å²) < 4.78 is 0. The van der Waals surface area contributed by atoms with Crippen molar-refractivity contribution in [2.75, 3.05) is 10.6 Å². The van der Waals surface area contributed by atoms with Gasteiger partial charge in [0.1, 0.15) is 10.7 Å². The lowest BCUT2D eigenvalue weighted by Gasteiger charge is -2.17. The molecule has 170 valence electrons. The molecule has 9 heteroatoms. The van der Waals surface area contributed by atoms with E-state index in [1.54, 1.807) is 0 Å². The molecule has 1 aromatic carbocycles. The third-order valence-electron chi connectivity index (χ3n) is 5.13. The van der Waals surface area contributed by atoms with E-state index in [0.717, 1.165) is 38.4 Å². The van der Waals surface area contributed by atoms with Crippen LogP contribution >= 0.6 is 22.7 Å². The number of thiophene rings is 1. The zero-order chi connectivity index (χ0) is 23.9. The molecule has 0 aliphatic rings. The summed E-state index contributed by atoms with van der Waals surface area (Å²) in [5, 5.41) is 9.18. The highest BCUT2D eigenvalue weighted by atomic mass is 32.1. The lowest BCUT2D eigenvalue weighted by atomic mass is 9.95. The highest BCUT2D eigenvalue weighted by Crippen LogP contribution is 2.33. The Balaban J connectivity index is 1.50. The SMILES string of the molecule is Cc1nc(C)c2c(C)c(C(=O)Nc3nc(-c4ccc(NC(=O)C(C)(C)C)cc4)cs3)sc2n1. The van der Waals surface area contributed by atoms with Crippen LogP contribution < -0.4 is 10.6 Å². The molecular weight excluding hydrogens is 454 g/mol. The molecule has 0 atom stereocenters. The molecule has 2 N–H and O–H groups in total. The summed E-state index contributed by atoms with van der Waals surface area (Å²) in [6.45, 7) is 11.3. The molecule has 2 amide bonds. The molecule has 3 heterocycles. The van der Waals surface area contributed by atoms with Gasteiger partial charge < -0.3 is 5.32 Å². The van der Waals surface area contributed by atoms with Crippen LogP contribution in [-0.4, -0.2) is 26.8 Å². The molecule has 0 saturated heterocycles. The number of amides is 2. The molecule has 0 fully saturated rings. The van der Waals surface area contributed by atoms with Gasteiger partial charge in [-0.3, -0.25) is 14.9 Å². The lowest BCUT2D eigenvalue weighted by Crippen LogP contribution is -2.27. The molecule has 0 aliphatic heterocycles. The van der Waals surface area contributed by atoms with Crippen molar-refractivity contribution in [1.29, 1.82) is 0 Å². The number of aromatic nitrogens is 3. The summed E-state index contributed by atoms with van der Waals surface area (Å²) in [4.78, 5) is 40.0. The van der Waals surface area contributed by atoms with E-state index in [-0.39, 0.29) is 11.8 Å². The third kappa shape index (κ3) is 4.79. The van der Waals surface area contributed by atoms with Gasteiger partial charge in [-0.2, -0.15) is 0 Å². The van der Waals surface area contributed by atoms with Crippen molar-refractivity contribution in [3.63, 3.8) is 0 Å². The minimum Gasteiger partial charge on any atom is -0.326 e. The number of rotatable bonds is 4. The predicted octanol–water partition coefficient (Wildman–Crippen LogP) is 5.98. The first-order chi connectivity index (χ1) is 15.5. The fourth-order valence-corrected chi connectivity index (χ4v) is 5.24. The highest BCUT2D eigenvalue weighted by Gasteiger charge is 2.22. The number of hydrogen-bond donors (Lipinski definition) is 2. The van der Waals surface area contributed by atoms with E-state index < -0.39 is 5.41 Å². The summed E-state index contributed by atoms with van der Waals surface area (Å²) in [5.41, 5.74) is 3.70. The van der Waals surface area contributed by atoms with Gasteiger partial charge in [0.15, 0.2) is 5.13 Å². The smallest absolute Gasteiger partial charge is 0.267 e. The molecule has 0 aliphatic carbocycles. The lowest BCUT2D eigenvalue weighted by molar-refractivity contribution is -0.123. The van der Waals surface area contributed by atoms with Gasteiger partial charge in [0, 0.05) is 33.1 Å². The maximum atomic E-state index is 13.0. The van der Waals surface area contributed by atoms with Crippen LogP contribution in [0.25, 0.3) is 21.5 Å². The van der Waals surface area contributed by atoms with Crippen LogP contribution in [0.1, 0.15) is 47.5 Å². The van der Waals surface area contributed by atoms with Crippen molar-refractivity contribution in [1.82, 2.24) is 15.0 Å². The Labute approximate surface area is 200 Å². The van der Waals surface area contributed by atoms with Crippen molar-refractivity contribution >= 4 is 55.5 Å². The minimum absolute atomic E-state index is 0.0400. The topological polar surface area (TPSA) is 96.9 Å². The summed E-state index contributed by atoms with van der Waals surface area (Å²) in [5.74, 6) is 0.456. The van der Waals surface area contributed by atoms with Crippen LogP contribution in [0.4, 0.5) is 10.8 Å². The number of carbonyl (C=O) groups is 2. The Kier molecular flexibility index (Phi) is 6.02. The van der Waals surface area contributed by atoms with Crippen molar-refractivity contribution in [2.24, 2.45) is 5.41 Å². The second kappa shape index (κ2) is 8.64. The molecule has 0 bridgehead atoms. The van der Waals surface area contributed by atoms with E-state index in [1.165, 1.54) is 22.7 Å². The summed E-state index contributed by atoms with van der Waals surface area (Å²) in [6, 6.07) is 7.50. The van der Waals surface area contributed by atoms with Crippen LogP contribution in [0.5, 0.6) is 0 Å². The number of anilines is 2. The largest absolute Gasteiger partial charge is 0.326 e. The van der Waals surface area contributed by atoms with Crippen LogP contribution in [0.15, 0.2) is 29.6 Å². The monoisotopic (exact) mass is 479 g/mol.